The SMILES string of the molecule is CCCCN(CC1CCCN1)c1ccc(C(N)=O)cc1Br. The maximum Gasteiger partial charge on any atom is 0.248 e. The Hall–Kier alpha value is -1.07. The second kappa shape index (κ2) is 7.80. The van der Waals surface area contributed by atoms with E-state index in [2.05, 4.69) is 33.1 Å². The summed E-state index contributed by atoms with van der Waals surface area (Å²) >= 11 is 3.59. The Kier molecular flexibility index (Phi) is 6.06. The van der Waals surface area contributed by atoms with Gasteiger partial charge in [-0.3, -0.25) is 4.79 Å². The lowest BCUT2D eigenvalue weighted by atomic mass is 10.1. The van der Waals surface area contributed by atoms with E-state index in [1.807, 2.05) is 18.2 Å². The molecule has 1 amide bonds. The van der Waals surface area contributed by atoms with E-state index in [0.29, 0.717) is 11.6 Å². The van der Waals surface area contributed by atoms with Crippen LogP contribution in [0.15, 0.2) is 22.7 Å². The summed E-state index contributed by atoms with van der Waals surface area (Å²) in [6.45, 7) is 5.36. The molecule has 0 bridgehead atoms. The van der Waals surface area contributed by atoms with E-state index < -0.39 is 0 Å². The lowest BCUT2D eigenvalue weighted by molar-refractivity contribution is 0.100. The van der Waals surface area contributed by atoms with E-state index in [9.17, 15) is 4.79 Å². The fourth-order valence-electron chi connectivity index (χ4n) is 2.75. The Morgan fingerprint density at radius 3 is 2.90 bits per heavy atom. The van der Waals surface area contributed by atoms with Gasteiger partial charge in [-0.25, -0.2) is 0 Å². The van der Waals surface area contributed by atoms with Gasteiger partial charge in [0.1, 0.15) is 0 Å². The normalized spacial score (nSPS) is 17.9. The van der Waals surface area contributed by atoms with Crippen LogP contribution in [-0.2, 0) is 0 Å². The van der Waals surface area contributed by atoms with Gasteiger partial charge in [-0.05, 0) is 59.9 Å². The van der Waals surface area contributed by atoms with E-state index in [1.165, 1.54) is 19.3 Å². The topological polar surface area (TPSA) is 58.4 Å². The first-order valence-corrected chi connectivity index (χ1v) is 8.48. The highest BCUT2D eigenvalue weighted by molar-refractivity contribution is 9.10. The summed E-state index contributed by atoms with van der Waals surface area (Å²) in [6.07, 6.45) is 4.83. The van der Waals surface area contributed by atoms with Gasteiger partial charge >= 0.3 is 0 Å². The summed E-state index contributed by atoms with van der Waals surface area (Å²) in [6, 6.07) is 6.18. The van der Waals surface area contributed by atoms with Crippen molar-refractivity contribution in [2.75, 3.05) is 24.5 Å². The molecule has 3 N–H and O–H groups in total. The number of anilines is 1. The molecule has 21 heavy (non-hydrogen) atoms. The van der Waals surface area contributed by atoms with Gasteiger partial charge in [-0.1, -0.05) is 13.3 Å². The Labute approximate surface area is 135 Å². The van der Waals surface area contributed by atoms with Crippen molar-refractivity contribution in [1.82, 2.24) is 5.32 Å². The number of carbonyl (C=O) groups is 1. The zero-order chi connectivity index (χ0) is 15.2. The highest BCUT2D eigenvalue weighted by atomic mass is 79.9. The number of carbonyl (C=O) groups excluding carboxylic acids is 1. The van der Waals surface area contributed by atoms with Gasteiger partial charge in [-0.15, -0.1) is 0 Å². The van der Waals surface area contributed by atoms with Crippen LogP contribution in [0.25, 0.3) is 0 Å². The summed E-state index contributed by atoms with van der Waals surface area (Å²) in [7, 11) is 0. The number of unbranched alkanes of at least 4 members (excludes halogenated alkanes) is 1. The van der Waals surface area contributed by atoms with Crippen LogP contribution < -0.4 is 16.0 Å². The van der Waals surface area contributed by atoms with Crippen molar-refractivity contribution < 1.29 is 4.79 Å². The molecule has 0 aromatic heterocycles. The smallest absolute Gasteiger partial charge is 0.248 e. The van der Waals surface area contributed by atoms with Crippen LogP contribution >= 0.6 is 15.9 Å². The lowest BCUT2D eigenvalue weighted by Gasteiger charge is -2.29. The van der Waals surface area contributed by atoms with Crippen molar-refractivity contribution in [3.8, 4) is 0 Å². The molecule has 1 aromatic rings. The van der Waals surface area contributed by atoms with E-state index in [1.54, 1.807) is 0 Å². The lowest BCUT2D eigenvalue weighted by Crippen LogP contribution is -2.38. The van der Waals surface area contributed by atoms with Gasteiger partial charge in [0, 0.05) is 29.2 Å². The predicted octanol–water partition coefficient (Wildman–Crippen LogP) is 2.91. The largest absolute Gasteiger partial charge is 0.369 e. The number of hydrogen-bond donors (Lipinski definition) is 2. The molecule has 116 valence electrons. The second-order valence-corrected chi connectivity index (χ2v) is 6.48. The molecule has 4 nitrogen and oxygen atoms in total. The van der Waals surface area contributed by atoms with E-state index >= 15 is 0 Å². The molecule has 0 aliphatic carbocycles. The molecule has 1 unspecified atom stereocenters. The summed E-state index contributed by atoms with van der Waals surface area (Å²) < 4.78 is 0.938. The molecule has 0 spiro atoms. The minimum absolute atomic E-state index is 0.389. The zero-order valence-corrected chi connectivity index (χ0v) is 14.2. The third-order valence-corrected chi connectivity index (χ3v) is 4.59. The predicted molar refractivity (Wildman–Crippen MR) is 90.8 cm³/mol. The number of hydrogen-bond acceptors (Lipinski definition) is 3. The summed E-state index contributed by atoms with van der Waals surface area (Å²) in [4.78, 5) is 13.7. The van der Waals surface area contributed by atoms with Crippen LogP contribution in [0.3, 0.4) is 0 Å². The van der Waals surface area contributed by atoms with E-state index in [0.717, 1.165) is 36.2 Å². The van der Waals surface area contributed by atoms with Crippen molar-refractivity contribution in [2.45, 2.75) is 38.6 Å². The Morgan fingerprint density at radius 1 is 1.52 bits per heavy atom. The molecular formula is C16H24BrN3O. The molecule has 1 aromatic carbocycles. The van der Waals surface area contributed by atoms with Crippen molar-refractivity contribution in [3.05, 3.63) is 28.2 Å². The highest BCUT2D eigenvalue weighted by Crippen LogP contribution is 2.28. The number of nitrogens with two attached hydrogens (primary N) is 1. The standard InChI is InChI=1S/C16H24BrN3O/c1-2-3-9-20(11-13-5-4-8-19-13)15-7-6-12(16(18)21)10-14(15)17/h6-7,10,13,19H,2-5,8-9,11H2,1H3,(H2,18,21). The molecular weight excluding hydrogens is 330 g/mol. The molecule has 0 radical (unpaired) electrons. The number of benzene rings is 1. The Morgan fingerprint density at radius 2 is 2.33 bits per heavy atom. The molecule has 1 saturated heterocycles. The summed E-state index contributed by atoms with van der Waals surface area (Å²) in [5.74, 6) is -0.389. The van der Waals surface area contributed by atoms with Gasteiger partial charge in [0.25, 0.3) is 0 Å². The van der Waals surface area contributed by atoms with Gasteiger partial charge in [-0.2, -0.15) is 0 Å². The van der Waals surface area contributed by atoms with E-state index in [4.69, 9.17) is 5.73 Å². The fourth-order valence-corrected chi connectivity index (χ4v) is 3.38. The zero-order valence-electron chi connectivity index (χ0n) is 12.6. The first-order valence-electron chi connectivity index (χ1n) is 7.69. The Balaban J connectivity index is 2.16. The van der Waals surface area contributed by atoms with Crippen molar-refractivity contribution in [2.24, 2.45) is 5.73 Å². The van der Waals surface area contributed by atoms with Crippen LogP contribution in [0.5, 0.6) is 0 Å². The molecule has 1 fully saturated rings. The molecule has 5 heteroatoms. The minimum atomic E-state index is -0.389. The van der Waals surface area contributed by atoms with Gasteiger partial charge in [0.15, 0.2) is 0 Å². The Bertz CT molecular complexity index is 486. The number of primary amides is 1. The maximum absolute atomic E-state index is 11.3. The fraction of sp³-hybridized carbons (Fsp3) is 0.562. The van der Waals surface area contributed by atoms with Crippen LogP contribution in [-0.4, -0.2) is 31.6 Å². The number of rotatable bonds is 7. The third kappa shape index (κ3) is 4.45. The van der Waals surface area contributed by atoms with Crippen molar-refractivity contribution in [1.29, 1.82) is 0 Å². The number of nitrogens with one attached hydrogen (secondary N) is 1. The number of amides is 1. The van der Waals surface area contributed by atoms with E-state index in [-0.39, 0.29) is 5.91 Å². The first-order chi connectivity index (χ1) is 10.1. The van der Waals surface area contributed by atoms with Crippen LogP contribution in [0.2, 0.25) is 0 Å². The van der Waals surface area contributed by atoms with Crippen LogP contribution in [0, 0.1) is 0 Å². The van der Waals surface area contributed by atoms with Gasteiger partial charge < -0.3 is 16.0 Å². The molecule has 1 heterocycles. The molecule has 2 rings (SSSR count). The first kappa shape index (κ1) is 16.3. The third-order valence-electron chi connectivity index (χ3n) is 3.96. The molecule has 1 aliphatic rings. The quantitative estimate of drug-likeness (QED) is 0.792. The monoisotopic (exact) mass is 353 g/mol. The number of halogens is 1. The molecule has 1 aliphatic heterocycles. The number of nitrogens with zero attached hydrogens (tertiary/aromatic N) is 1. The van der Waals surface area contributed by atoms with Gasteiger partial charge in [0.05, 0.1) is 5.69 Å². The van der Waals surface area contributed by atoms with Crippen LogP contribution in [0.4, 0.5) is 5.69 Å². The van der Waals surface area contributed by atoms with Gasteiger partial charge in [0.2, 0.25) is 5.91 Å². The minimum Gasteiger partial charge on any atom is -0.369 e. The van der Waals surface area contributed by atoms with Crippen LogP contribution in [0.1, 0.15) is 43.0 Å². The highest BCUT2D eigenvalue weighted by Gasteiger charge is 2.19. The average molecular weight is 354 g/mol. The average Bonchev–Trinajstić information content (AvgIpc) is 2.96. The maximum atomic E-state index is 11.3. The van der Waals surface area contributed by atoms with Crippen molar-refractivity contribution >= 4 is 27.5 Å². The summed E-state index contributed by atoms with van der Waals surface area (Å²) in [5.41, 5.74) is 7.02. The summed E-state index contributed by atoms with van der Waals surface area (Å²) in [5, 5.41) is 3.55. The second-order valence-electron chi connectivity index (χ2n) is 5.62. The molecule has 1 atom stereocenters. The molecule has 0 saturated carbocycles. The van der Waals surface area contributed by atoms with Crippen molar-refractivity contribution in [3.63, 3.8) is 0 Å².